The lowest BCUT2D eigenvalue weighted by atomic mass is 10.6. The molecule has 0 fully saturated rings. The van der Waals surface area contributed by atoms with Gasteiger partial charge in [0, 0.05) is 7.05 Å². The molecule has 11 heavy (non-hydrogen) atoms. The lowest BCUT2D eigenvalue weighted by molar-refractivity contribution is 0.747. The molecule has 2 aromatic rings. The highest BCUT2D eigenvalue weighted by molar-refractivity contribution is 5.66. The fraction of sp³-hybridized carbons (Fsp3) is 0.200. The van der Waals surface area contributed by atoms with Gasteiger partial charge in [0.15, 0.2) is 11.2 Å². The van der Waals surface area contributed by atoms with E-state index in [0.717, 1.165) is 0 Å². The van der Waals surface area contributed by atoms with Gasteiger partial charge >= 0.3 is 0 Å². The third kappa shape index (κ3) is 0.721. The van der Waals surface area contributed by atoms with Crippen LogP contribution in [0, 0.1) is 0 Å². The number of aromatic nitrogens is 5. The molecule has 0 amide bonds. The summed E-state index contributed by atoms with van der Waals surface area (Å²) in [7, 11) is 1.60. The van der Waals surface area contributed by atoms with E-state index in [0.29, 0.717) is 5.65 Å². The molecule has 2 heterocycles. The van der Waals surface area contributed by atoms with Crippen molar-refractivity contribution in [3.8, 4) is 0 Å². The zero-order valence-electron chi connectivity index (χ0n) is 5.77. The summed E-state index contributed by atoms with van der Waals surface area (Å²) in [4.78, 5) is 14.9. The first-order chi connectivity index (χ1) is 5.29. The van der Waals surface area contributed by atoms with E-state index >= 15 is 0 Å². The van der Waals surface area contributed by atoms with E-state index in [9.17, 15) is 4.79 Å². The van der Waals surface area contributed by atoms with Crippen LogP contribution in [0.3, 0.4) is 0 Å². The molecule has 0 aromatic carbocycles. The van der Waals surface area contributed by atoms with Gasteiger partial charge in [-0.15, -0.1) is 10.2 Å². The van der Waals surface area contributed by atoms with Crippen molar-refractivity contribution in [1.29, 1.82) is 0 Å². The van der Waals surface area contributed by atoms with Crippen LogP contribution in [0.4, 0.5) is 0 Å². The zero-order chi connectivity index (χ0) is 7.84. The summed E-state index contributed by atoms with van der Waals surface area (Å²) in [5.74, 6) is 0. The molecule has 0 spiro atoms. The molecule has 2 rings (SSSR count). The molecule has 0 bridgehead atoms. The predicted molar refractivity (Wildman–Crippen MR) is 36.9 cm³/mol. The molecular weight excluding hydrogens is 146 g/mol. The molecule has 0 aliphatic carbocycles. The molecule has 0 saturated carbocycles. The third-order valence-corrected chi connectivity index (χ3v) is 1.40. The van der Waals surface area contributed by atoms with Gasteiger partial charge in [-0.2, -0.15) is 0 Å². The summed E-state index contributed by atoms with van der Waals surface area (Å²) < 4.78 is 1.31. The van der Waals surface area contributed by atoms with Crippen LogP contribution in [0.25, 0.3) is 11.2 Å². The van der Waals surface area contributed by atoms with Crippen LogP contribution in [-0.2, 0) is 7.05 Å². The highest BCUT2D eigenvalue weighted by Gasteiger charge is 2.04. The van der Waals surface area contributed by atoms with Crippen LogP contribution in [-0.4, -0.2) is 25.0 Å². The zero-order valence-corrected chi connectivity index (χ0v) is 5.77. The number of nitrogens with zero attached hydrogens (tertiary/aromatic N) is 4. The van der Waals surface area contributed by atoms with Crippen LogP contribution in [0.15, 0.2) is 11.1 Å². The minimum atomic E-state index is -0.208. The van der Waals surface area contributed by atoms with Gasteiger partial charge < -0.3 is 0 Å². The summed E-state index contributed by atoms with van der Waals surface area (Å²) in [6.07, 6.45) is 1.29. The number of nitrogens with one attached hydrogen (secondary N) is 1. The predicted octanol–water partition coefficient (Wildman–Crippen LogP) is -0.948. The topological polar surface area (TPSA) is 76.5 Å². The minimum Gasteiger partial charge on any atom is -0.277 e. The molecule has 0 saturated heterocycles. The van der Waals surface area contributed by atoms with E-state index in [1.165, 1.54) is 11.0 Å². The van der Waals surface area contributed by atoms with Crippen molar-refractivity contribution in [3.63, 3.8) is 0 Å². The van der Waals surface area contributed by atoms with Crippen LogP contribution >= 0.6 is 0 Å². The highest BCUT2D eigenvalue weighted by atomic mass is 16.1. The van der Waals surface area contributed by atoms with Gasteiger partial charge in [-0.1, -0.05) is 0 Å². The van der Waals surface area contributed by atoms with E-state index in [1.54, 1.807) is 7.05 Å². The van der Waals surface area contributed by atoms with Gasteiger partial charge in [0.1, 0.15) is 6.33 Å². The maximum atomic E-state index is 11.1. The van der Waals surface area contributed by atoms with Gasteiger partial charge in [0.05, 0.1) is 0 Å². The summed E-state index contributed by atoms with van der Waals surface area (Å²) >= 11 is 0. The second-order valence-corrected chi connectivity index (χ2v) is 2.13. The molecule has 6 heteroatoms. The average Bonchev–Trinajstić information content (AvgIpc) is 2.30. The molecular formula is C5H5N5O. The summed E-state index contributed by atoms with van der Waals surface area (Å²) in [5.41, 5.74) is 0.531. The minimum absolute atomic E-state index is 0.208. The second-order valence-electron chi connectivity index (χ2n) is 2.13. The first-order valence-electron chi connectivity index (χ1n) is 3.01. The van der Waals surface area contributed by atoms with Crippen molar-refractivity contribution >= 4 is 11.2 Å². The van der Waals surface area contributed by atoms with Crippen molar-refractivity contribution < 1.29 is 0 Å². The first-order valence-corrected chi connectivity index (χ1v) is 3.01. The second kappa shape index (κ2) is 1.88. The van der Waals surface area contributed by atoms with E-state index in [-0.39, 0.29) is 11.1 Å². The van der Waals surface area contributed by atoms with Crippen LogP contribution < -0.4 is 5.56 Å². The van der Waals surface area contributed by atoms with E-state index in [1.807, 2.05) is 0 Å². The lowest BCUT2D eigenvalue weighted by Gasteiger charge is -1.81. The number of hydrogen-bond donors (Lipinski definition) is 1. The van der Waals surface area contributed by atoms with Gasteiger partial charge in [0.25, 0.3) is 5.56 Å². The molecule has 0 radical (unpaired) electrons. The number of fused-ring (bicyclic) bond motifs is 1. The van der Waals surface area contributed by atoms with Crippen molar-refractivity contribution in [2.75, 3.05) is 0 Å². The average molecular weight is 151 g/mol. The number of aromatic amines is 1. The van der Waals surface area contributed by atoms with Gasteiger partial charge in [-0.05, 0) is 0 Å². The Balaban J connectivity index is 3.04. The Morgan fingerprint density at radius 1 is 1.64 bits per heavy atom. The van der Waals surface area contributed by atoms with Crippen molar-refractivity contribution in [3.05, 3.63) is 16.7 Å². The Labute approximate surface area is 60.9 Å². The molecule has 0 atom stereocenters. The van der Waals surface area contributed by atoms with Gasteiger partial charge in [0.2, 0.25) is 0 Å². The Bertz CT molecular complexity index is 441. The maximum Gasteiger partial charge on any atom is 0.296 e. The fourth-order valence-electron chi connectivity index (χ4n) is 0.870. The van der Waals surface area contributed by atoms with Gasteiger partial charge in [-0.3, -0.25) is 14.6 Å². The first kappa shape index (κ1) is 6.02. The van der Waals surface area contributed by atoms with Crippen LogP contribution in [0.1, 0.15) is 0 Å². The molecule has 2 aromatic heterocycles. The number of hydrogen-bond acceptors (Lipinski definition) is 4. The molecule has 6 nitrogen and oxygen atoms in total. The number of aryl methyl sites for hydroxylation is 1. The maximum absolute atomic E-state index is 11.1. The summed E-state index contributed by atoms with van der Waals surface area (Å²) in [6, 6.07) is 0. The number of H-pyrrole nitrogens is 1. The highest BCUT2D eigenvalue weighted by Crippen LogP contribution is 1.93. The Morgan fingerprint density at radius 2 is 2.45 bits per heavy atom. The quantitative estimate of drug-likeness (QED) is 0.526. The Hall–Kier alpha value is -1.72. The standard InChI is InChI=1S/C5H5N5O/c1-10-5(11)3-4(9-10)6-2-7-8-3/h2H,1H3,(H,6,7,9). The van der Waals surface area contributed by atoms with Crippen molar-refractivity contribution in [2.45, 2.75) is 0 Å². The normalized spacial score (nSPS) is 10.6. The van der Waals surface area contributed by atoms with E-state index in [4.69, 9.17) is 0 Å². The van der Waals surface area contributed by atoms with Crippen molar-refractivity contribution in [1.82, 2.24) is 25.0 Å². The molecule has 1 N–H and O–H groups in total. The number of rotatable bonds is 0. The summed E-state index contributed by atoms with van der Waals surface area (Å²) in [5, 5.41) is 9.83. The van der Waals surface area contributed by atoms with Crippen LogP contribution in [0.2, 0.25) is 0 Å². The van der Waals surface area contributed by atoms with Crippen molar-refractivity contribution in [2.24, 2.45) is 7.05 Å². The fourth-order valence-corrected chi connectivity index (χ4v) is 0.870. The molecule has 0 aliphatic rings. The molecule has 0 unspecified atom stereocenters. The Morgan fingerprint density at radius 3 is 3.18 bits per heavy atom. The van der Waals surface area contributed by atoms with E-state index in [2.05, 4.69) is 20.3 Å². The molecule has 56 valence electrons. The van der Waals surface area contributed by atoms with E-state index < -0.39 is 0 Å². The largest absolute Gasteiger partial charge is 0.296 e. The SMILES string of the molecule is Cn1[nH]c2ncnnc2c1=O. The summed E-state index contributed by atoms with van der Waals surface area (Å²) in [6.45, 7) is 0. The third-order valence-electron chi connectivity index (χ3n) is 1.40. The Kier molecular flexibility index (Phi) is 1.03. The van der Waals surface area contributed by atoms with Gasteiger partial charge in [-0.25, -0.2) is 4.98 Å². The monoisotopic (exact) mass is 151 g/mol. The molecule has 0 aliphatic heterocycles. The smallest absolute Gasteiger partial charge is 0.277 e. The van der Waals surface area contributed by atoms with Crippen LogP contribution in [0.5, 0.6) is 0 Å². The lowest BCUT2D eigenvalue weighted by Crippen LogP contribution is -2.12.